The molecule has 1 amide bonds. The Morgan fingerprint density at radius 3 is 2.81 bits per heavy atom. The normalized spacial score (nSPS) is 9.43. The van der Waals surface area contributed by atoms with Gasteiger partial charge in [0.1, 0.15) is 17.5 Å². The van der Waals surface area contributed by atoms with Gasteiger partial charge in [0.15, 0.2) is 0 Å². The molecule has 0 saturated carbocycles. The minimum Gasteiger partial charge on any atom is -0.324 e. The third kappa shape index (κ3) is 3.82. The van der Waals surface area contributed by atoms with Crippen LogP contribution in [-0.2, 0) is 4.79 Å². The molecule has 5 nitrogen and oxygen atoms in total. The van der Waals surface area contributed by atoms with Crippen LogP contribution in [0.1, 0.15) is 12.0 Å². The first-order valence-corrected chi connectivity index (χ1v) is 6.85. The fourth-order valence-electron chi connectivity index (χ4n) is 1.59. The molecule has 21 heavy (non-hydrogen) atoms. The summed E-state index contributed by atoms with van der Waals surface area (Å²) in [6, 6.07) is 14.5. The van der Waals surface area contributed by atoms with Gasteiger partial charge in [0.25, 0.3) is 0 Å². The van der Waals surface area contributed by atoms with Crippen LogP contribution in [0.2, 0.25) is 0 Å². The second kappa shape index (κ2) is 7.09. The first kappa shape index (κ1) is 14.6. The lowest BCUT2D eigenvalue weighted by atomic mass is 10.3. The second-order valence-corrected chi connectivity index (χ2v) is 4.98. The highest BCUT2D eigenvalue weighted by Crippen LogP contribution is 2.33. The number of anilines is 1. The number of amides is 1. The first-order chi connectivity index (χ1) is 10.2. The van der Waals surface area contributed by atoms with E-state index in [1.165, 1.54) is 11.8 Å². The zero-order valence-electron chi connectivity index (χ0n) is 10.9. The average Bonchev–Trinajstić information content (AvgIpc) is 2.50. The Labute approximate surface area is 126 Å². The van der Waals surface area contributed by atoms with Gasteiger partial charge in [0, 0.05) is 11.1 Å². The fourth-order valence-corrected chi connectivity index (χ4v) is 2.51. The third-order valence-corrected chi connectivity index (χ3v) is 3.59. The number of aromatic nitrogens is 1. The number of para-hydroxylation sites is 1. The van der Waals surface area contributed by atoms with Crippen LogP contribution in [-0.4, -0.2) is 10.9 Å². The van der Waals surface area contributed by atoms with Gasteiger partial charge < -0.3 is 5.32 Å². The summed E-state index contributed by atoms with van der Waals surface area (Å²) < 4.78 is 0. The minimum absolute atomic E-state index is 0.202. The first-order valence-electron chi connectivity index (χ1n) is 6.03. The highest BCUT2D eigenvalue weighted by Gasteiger charge is 2.10. The summed E-state index contributed by atoms with van der Waals surface area (Å²) in [5.41, 5.74) is 1.07. The molecule has 0 aliphatic heterocycles. The molecule has 0 unspecified atom stereocenters. The molecular formula is C15H10N4OS. The van der Waals surface area contributed by atoms with Crippen molar-refractivity contribution in [3.63, 3.8) is 0 Å². The third-order valence-electron chi connectivity index (χ3n) is 2.50. The van der Waals surface area contributed by atoms with Crippen molar-refractivity contribution < 1.29 is 4.79 Å². The Balaban J connectivity index is 2.27. The van der Waals surface area contributed by atoms with E-state index >= 15 is 0 Å². The van der Waals surface area contributed by atoms with Crippen LogP contribution in [0.3, 0.4) is 0 Å². The molecule has 1 heterocycles. The number of hydrogen-bond donors (Lipinski definition) is 1. The van der Waals surface area contributed by atoms with E-state index in [4.69, 9.17) is 10.5 Å². The number of rotatable bonds is 4. The van der Waals surface area contributed by atoms with Gasteiger partial charge in [-0.1, -0.05) is 23.9 Å². The van der Waals surface area contributed by atoms with Gasteiger partial charge in [-0.05, 0) is 24.3 Å². The number of nitrogens with zero attached hydrogens (tertiary/aromatic N) is 3. The Hall–Kier alpha value is -2.83. The van der Waals surface area contributed by atoms with Gasteiger partial charge in [-0.25, -0.2) is 4.98 Å². The molecule has 0 fully saturated rings. The van der Waals surface area contributed by atoms with E-state index in [2.05, 4.69) is 16.4 Å². The molecule has 0 aliphatic rings. The lowest BCUT2D eigenvalue weighted by molar-refractivity contribution is -0.115. The predicted molar refractivity (Wildman–Crippen MR) is 78.4 cm³/mol. The van der Waals surface area contributed by atoms with E-state index in [0.29, 0.717) is 16.3 Å². The topological polar surface area (TPSA) is 89.6 Å². The van der Waals surface area contributed by atoms with E-state index < -0.39 is 0 Å². The molecule has 0 saturated heterocycles. The standard InChI is InChI=1S/C15H10N4OS/c16-8-7-14(20)19-12-5-1-2-6-13(12)21-15-11(10-17)4-3-9-18-15/h1-6,9H,7H2,(H,19,20). The molecule has 2 rings (SSSR count). The monoisotopic (exact) mass is 294 g/mol. The van der Waals surface area contributed by atoms with Gasteiger partial charge in [-0.2, -0.15) is 10.5 Å². The van der Waals surface area contributed by atoms with E-state index in [0.717, 1.165) is 4.90 Å². The summed E-state index contributed by atoms with van der Waals surface area (Å²) in [5, 5.41) is 20.8. The highest BCUT2D eigenvalue weighted by atomic mass is 32.2. The van der Waals surface area contributed by atoms with Crippen molar-refractivity contribution in [2.75, 3.05) is 5.32 Å². The molecule has 0 spiro atoms. The molecule has 102 valence electrons. The smallest absolute Gasteiger partial charge is 0.238 e. The molecule has 0 aliphatic carbocycles. The Kier molecular flexibility index (Phi) is 4.92. The fraction of sp³-hybridized carbons (Fsp3) is 0.0667. The number of nitrogens with one attached hydrogen (secondary N) is 1. The summed E-state index contributed by atoms with van der Waals surface area (Å²) in [5.74, 6) is -0.368. The molecule has 1 aromatic heterocycles. The number of benzene rings is 1. The Bertz CT molecular complexity index is 746. The van der Waals surface area contributed by atoms with Gasteiger partial charge in [-0.3, -0.25) is 4.79 Å². The molecule has 0 radical (unpaired) electrons. The minimum atomic E-state index is -0.368. The van der Waals surface area contributed by atoms with Crippen molar-refractivity contribution >= 4 is 23.4 Å². The van der Waals surface area contributed by atoms with Gasteiger partial charge in [0.2, 0.25) is 5.91 Å². The average molecular weight is 294 g/mol. The van der Waals surface area contributed by atoms with Crippen molar-refractivity contribution in [1.29, 1.82) is 10.5 Å². The Morgan fingerprint density at radius 1 is 1.24 bits per heavy atom. The maximum Gasteiger partial charge on any atom is 0.238 e. The molecule has 1 N–H and O–H groups in total. The summed E-state index contributed by atoms with van der Waals surface area (Å²) in [6.45, 7) is 0. The van der Waals surface area contributed by atoms with E-state index in [9.17, 15) is 4.79 Å². The summed E-state index contributed by atoms with van der Waals surface area (Å²) >= 11 is 1.29. The van der Waals surface area contributed by atoms with Crippen LogP contribution in [0.4, 0.5) is 5.69 Å². The SMILES string of the molecule is N#CCC(=O)Nc1ccccc1Sc1ncccc1C#N. The lowest BCUT2D eigenvalue weighted by Crippen LogP contribution is -2.10. The molecular weight excluding hydrogens is 284 g/mol. The number of hydrogen-bond acceptors (Lipinski definition) is 5. The molecule has 0 bridgehead atoms. The van der Waals surface area contributed by atoms with Crippen LogP contribution in [0, 0.1) is 22.7 Å². The van der Waals surface area contributed by atoms with Crippen molar-refractivity contribution in [2.24, 2.45) is 0 Å². The molecule has 0 atom stereocenters. The van der Waals surface area contributed by atoms with E-state index in [1.807, 2.05) is 12.1 Å². The maximum absolute atomic E-state index is 11.5. The van der Waals surface area contributed by atoms with E-state index in [-0.39, 0.29) is 12.3 Å². The second-order valence-electron chi connectivity index (χ2n) is 3.95. The van der Waals surface area contributed by atoms with Crippen LogP contribution >= 0.6 is 11.8 Å². The molecule has 1 aromatic carbocycles. The maximum atomic E-state index is 11.5. The van der Waals surface area contributed by atoms with Crippen molar-refractivity contribution in [3.05, 3.63) is 48.2 Å². The highest BCUT2D eigenvalue weighted by molar-refractivity contribution is 7.99. The number of carbonyl (C=O) groups is 1. The van der Waals surface area contributed by atoms with Crippen LogP contribution < -0.4 is 5.32 Å². The number of carbonyl (C=O) groups excluding carboxylic acids is 1. The van der Waals surface area contributed by atoms with Crippen LogP contribution in [0.5, 0.6) is 0 Å². The molecule has 2 aromatic rings. The predicted octanol–water partition coefficient (Wildman–Crippen LogP) is 2.96. The van der Waals surface area contributed by atoms with Crippen molar-refractivity contribution in [3.8, 4) is 12.1 Å². The number of pyridine rings is 1. The lowest BCUT2D eigenvalue weighted by Gasteiger charge is -2.09. The van der Waals surface area contributed by atoms with Gasteiger partial charge >= 0.3 is 0 Å². The van der Waals surface area contributed by atoms with Crippen molar-refractivity contribution in [2.45, 2.75) is 16.3 Å². The molecule has 6 heteroatoms. The summed E-state index contributed by atoms with van der Waals surface area (Å²) in [6.07, 6.45) is 1.41. The van der Waals surface area contributed by atoms with Crippen LogP contribution in [0.25, 0.3) is 0 Å². The summed E-state index contributed by atoms with van der Waals surface area (Å²) in [4.78, 5) is 16.5. The Morgan fingerprint density at radius 2 is 2.05 bits per heavy atom. The quantitative estimate of drug-likeness (QED) is 0.936. The van der Waals surface area contributed by atoms with E-state index in [1.54, 1.807) is 36.5 Å². The largest absolute Gasteiger partial charge is 0.324 e. The summed E-state index contributed by atoms with van der Waals surface area (Å²) in [7, 11) is 0. The van der Waals surface area contributed by atoms with Gasteiger partial charge in [0.05, 0.1) is 17.3 Å². The van der Waals surface area contributed by atoms with Crippen LogP contribution in [0.15, 0.2) is 52.5 Å². The zero-order chi connectivity index (χ0) is 15.1. The van der Waals surface area contributed by atoms with Gasteiger partial charge in [-0.15, -0.1) is 0 Å². The zero-order valence-corrected chi connectivity index (χ0v) is 11.7. The van der Waals surface area contributed by atoms with Crippen molar-refractivity contribution in [1.82, 2.24) is 4.98 Å². The number of nitriles is 2.